The number of piperidine rings is 1. The molecule has 40 heavy (non-hydrogen) atoms. The summed E-state index contributed by atoms with van der Waals surface area (Å²) < 4.78 is 5.40. The third-order valence-electron chi connectivity index (χ3n) is 7.83. The molecule has 4 heterocycles. The second kappa shape index (κ2) is 10.5. The Morgan fingerprint density at radius 2 is 1.77 bits per heavy atom. The average molecular weight is 536 g/mol. The molecule has 1 aromatic heterocycles. The first kappa shape index (κ1) is 25.7. The number of ketones is 1. The summed E-state index contributed by atoms with van der Waals surface area (Å²) in [4.78, 5) is 49.5. The molecule has 9 heteroatoms. The second-order valence-electron chi connectivity index (χ2n) is 10.3. The van der Waals surface area contributed by atoms with Crippen molar-refractivity contribution in [2.45, 2.75) is 19.8 Å². The van der Waals surface area contributed by atoms with Crippen LogP contribution in [0.25, 0.3) is 17.0 Å². The number of allylic oxidation sites excluding steroid dienone is 1. The maximum Gasteiger partial charge on any atom is 0.254 e. The third kappa shape index (κ3) is 4.61. The minimum Gasteiger partial charge on any atom is -0.378 e. The molecule has 2 aromatic carbocycles. The van der Waals surface area contributed by atoms with Crippen LogP contribution in [0.4, 0.5) is 11.4 Å². The number of hydrogen-bond donors (Lipinski definition) is 0. The average Bonchev–Trinajstić information content (AvgIpc) is 3.27. The molecule has 6 rings (SSSR count). The molecule has 0 unspecified atom stereocenters. The smallest absolute Gasteiger partial charge is 0.254 e. The molecule has 2 fully saturated rings. The molecular formula is C31H29N5O4. The molecule has 0 atom stereocenters. The quantitative estimate of drug-likeness (QED) is 0.466. The number of anilines is 2. The van der Waals surface area contributed by atoms with Crippen LogP contribution in [0.2, 0.25) is 0 Å². The lowest BCUT2D eigenvalue weighted by molar-refractivity contribution is -0.116. The third-order valence-corrected chi connectivity index (χ3v) is 7.83. The highest BCUT2D eigenvalue weighted by Gasteiger charge is 2.34. The Kier molecular flexibility index (Phi) is 6.78. The zero-order valence-electron chi connectivity index (χ0n) is 22.3. The van der Waals surface area contributed by atoms with Crippen LogP contribution in [0.5, 0.6) is 0 Å². The summed E-state index contributed by atoms with van der Waals surface area (Å²) in [5, 5.41) is 10.2. The van der Waals surface area contributed by atoms with E-state index in [1.54, 1.807) is 41.3 Å². The van der Waals surface area contributed by atoms with Gasteiger partial charge >= 0.3 is 0 Å². The number of morpholine rings is 1. The van der Waals surface area contributed by atoms with Crippen LogP contribution in [-0.4, -0.2) is 66.9 Å². The van der Waals surface area contributed by atoms with E-state index in [0.717, 1.165) is 23.9 Å². The summed E-state index contributed by atoms with van der Waals surface area (Å²) in [6, 6.07) is 16.9. The zero-order chi connectivity index (χ0) is 27.8. The van der Waals surface area contributed by atoms with E-state index in [9.17, 15) is 19.6 Å². The number of nitriles is 1. The van der Waals surface area contributed by atoms with Gasteiger partial charge in [-0.2, -0.15) is 5.26 Å². The molecule has 0 radical (unpaired) electrons. The molecule has 3 aliphatic rings. The maximum atomic E-state index is 13.3. The molecule has 3 aromatic rings. The topological polar surface area (TPSA) is 107 Å². The monoisotopic (exact) mass is 535 g/mol. The number of hydrogen-bond acceptors (Lipinski definition) is 7. The Morgan fingerprint density at radius 3 is 2.50 bits per heavy atom. The van der Waals surface area contributed by atoms with Crippen molar-refractivity contribution in [1.82, 2.24) is 9.88 Å². The summed E-state index contributed by atoms with van der Waals surface area (Å²) in [6.07, 6.45) is 3.16. The summed E-state index contributed by atoms with van der Waals surface area (Å²) in [5.74, 6) is -0.508. The van der Waals surface area contributed by atoms with Crippen molar-refractivity contribution in [1.29, 1.82) is 5.26 Å². The van der Waals surface area contributed by atoms with Gasteiger partial charge in [-0.15, -0.1) is 0 Å². The number of carbonyl (C=O) groups excluding carboxylic acids is 3. The first-order valence-corrected chi connectivity index (χ1v) is 13.6. The minimum atomic E-state index is -0.254. The summed E-state index contributed by atoms with van der Waals surface area (Å²) in [5.41, 5.74) is 4.00. The van der Waals surface area contributed by atoms with Crippen LogP contribution < -0.4 is 9.80 Å². The summed E-state index contributed by atoms with van der Waals surface area (Å²) in [6.45, 7) is 4.99. The molecule has 0 N–H and O–H groups in total. The molecule has 0 bridgehead atoms. The van der Waals surface area contributed by atoms with Gasteiger partial charge in [-0.25, -0.2) is 4.98 Å². The standard InChI is InChI=1S/C31H29N5O4/c1-20(37)36-27-5-3-2-4-24(27)30(38)29(36)18-23-17-28(34-10-8-21(19-32)9-11-34)25-16-22(6-7-26(25)33-23)31(39)35-12-14-40-15-13-35/h2-7,16-18,21H,8-15H2,1H3. The molecule has 0 aliphatic carbocycles. The lowest BCUT2D eigenvalue weighted by Crippen LogP contribution is -2.40. The molecule has 9 nitrogen and oxygen atoms in total. The molecular weight excluding hydrogens is 506 g/mol. The highest BCUT2D eigenvalue weighted by molar-refractivity contribution is 6.26. The van der Waals surface area contributed by atoms with Gasteiger partial charge in [0, 0.05) is 61.2 Å². The van der Waals surface area contributed by atoms with Crippen molar-refractivity contribution in [3.8, 4) is 6.07 Å². The Bertz CT molecular complexity index is 1590. The second-order valence-corrected chi connectivity index (χ2v) is 10.3. The fourth-order valence-electron chi connectivity index (χ4n) is 5.73. The van der Waals surface area contributed by atoms with E-state index in [-0.39, 0.29) is 29.2 Å². The number of pyridine rings is 1. The fourth-order valence-corrected chi connectivity index (χ4v) is 5.73. The first-order chi connectivity index (χ1) is 19.4. The van der Waals surface area contributed by atoms with E-state index < -0.39 is 0 Å². The summed E-state index contributed by atoms with van der Waals surface area (Å²) >= 11 is 0. The molecule has 3 aliphatic heterocycles. The highest BCUT2D eigenvalue weighted by atomic mass is 16.5. The van der Waals surface area contributed by atoms with Crippen LogP contribution in [0.15, 0.2) is 54.2 Å². The number of fused-ring (bicyclic) bond motifs is 2. The Hall–Kier alpha value is -4.55. The minimum absolute atomic E-state index is 0.0168. The first-order valence-electron chi connectivity index (χ1n) is 13.6. The lowest BCUT2D eigenvalue weighted by atomic mass is 9.97. The highest BCUT2D eigenvalue weighted by Crippen LogP contribution is 2.37. The number of ether oxygens (including phenoxy) is 1. The Morgan fingerprint density at radius 1 is 1.02 bits per heavy atom. The van der Waals surface area contributed by atoms with Gasteiger partial charge in [0.1, 0.15) is 0 Å². The number of benzene rings is 2. The Labute approximate surface area is 232 Å². The number of nitrogens with zero attached hydrogens (tertiary/aromatic N) is 5. The van der Waals surface area contributed by atoms with E-state index in [2.05, 4.69) is 11.0 Å². The van der Waals surface area contributed by atoms with Crippen LogP contribution in [0.1, 0.15) is 46.2 Å². The molecule has 0 saturated carbocycles. The van der Waals surface area contributed by atoms with Gasteiger partial charge in [0.15, 0.2) is 0 Å². The predicted octanol–water partition coefficient (Wildman–Crippen LogP) is 4.04. The van der Waals surface area contributed by atoms with Crippen molar-refractivity contribution in [2.24, 2.45) is 5.92 Å². The normalized spacial score (nSPS) is 18.8. The summed E-state index contributed by atoms with van der Waals surface area (Å²) in [7, 11) is 0. The number of aromatic nitrogens is 1. The van der Waals surface area contributed by atoms with Crippen molar-refractivity contribution in [3.05, 3.63) is 71.0 Å². The van der Waals surface area contributed by atoms with E-state index in [4.69, 9.17) is 9.72 Å². The molecule has 0 spiro atoms. The SMILES string of the molecule is CC(=O)N1C(=Cc2cc(N3CCC(C#N)CC3)c3cc(C(=O)N4CCOCC4)ccc3n2)C(=O)c2ccccc21. The number of rotatable bonds is 3. The number of Topliss-reactive ketones (excluding diaryl/α,β-unsaturated/α-hetero) is 1. The van der Waals surface area contributed by atoms with Crippen LogP contribution in [0, 0.1) is 17.2 Å². The largest absolute Gasteiger partial charge is 0.378 e. The van der Waals surface area contributed by atoms with Crippen LogP contribution in [-0.2, 0) is 9.53 Å². The van der Waals surface area contributed by atoms with Gasteiger partial charge in [-0.05, 0) is 55.3 Å². The number of carbonyl (C=O) groups is 3. The Balaban J connectivity index is 1.44. The van der Waals surface area contributed by atoms with E-state index in [1.807, 2.05) is 18.2 Å². The molecule has 2 amide bonds. The zero-order valence-corrected chi connectivity index (χ0v) is 22.3. The van der Waals surface area contributed by atoms with Crippen LogP contribution in [0.3, 0.4) is 0 Å². The van der Waals surface area contributed by atoms with Gasteiger partial charge < -0.3 is 14.5 Å². The number of para-hydroxylation sites is 1. The van der Waals surface area contributed by atoms with Gasteiger partial charge in [0.25, 0.3) is 5.91 Å². The van der Waals surface area contributed by atoms with Crippen molar-refractivity contribution < 1.29 is 19.1 Å². The fraction of sp³-hybridized carbons (Fsp3) is 0.323. The van der Waals surface area contributed by atoms with Gasteiger partial charge in [0.2, 0.25) is 11.7 Å². The maximum absolute atomic E-state index is 13.3. The van der Waals surface area contributed by atoms with Gasteiger partial charge in [-0.3, -0.25) is 19.3 Å². The predicted molar refractivity (Wildman–Crippen MR) is 151 cm³/mol. The van der Waals surface area contributed by atoms with Gasteiger partial charge in [0.05, 0.1) is 41.9 Å². The van der Waals surface area contributed by atoms with Gasteiger partial charge in [-0.1, -0.05) is 12.1 Å². The molecule has 202 valence electrons. The lowest BCUT2D eigenvalue weighted by Gasteiger charge is -2.32. The van der Waals surface area contributed by atoms with E-state index >= 15 is 0 Å². The van der Waals surface area contributed by atoms with Crippen LogP contribution >= 0.6 is 0 Å². The van der Waals surface area contributed by atoms with E-state index in [1.165, 1.54) is 11.8 Å². The van der Waals surface area contributed by atoms with Crippen molar-refractivity contribution in [3.63, 3.8) is 0 Å². The van der Waals surface area contributed by atoms with Crippen molar-refractivity contribution in [2.75, 3.05) is 49.2 Å². The molecule has 2 saturated heterocycles. The van der Waals surface area contributed by atoms with Crippen molar-refractivity contribution >= 4 is 46.0 Å². The van der Waals surface area contributed by atoms with E-state index in [0.29, 0.717) is 67.4 Å². The number of amides is 2.